The van der Waals surface area contributed by atoms with E-state index in [0.29, 0.717) is 25.2 Å². The lowest BCUT2D eigenvalue weighted by atomic mass is 10.0. The zero-order valence-electron chi connectivity index (χ0n) is 15.8. The standard InChI is InChI=1S/C21H22N4O2S/c1-14-12-22-19(28-14)11-15-6-8-25(9-7-15)20(27)5-2-16-10-17-3-4-18(26)24-21(17)23-13-16/h2,5-6,10,12-13H,3-4,7-9,11H2,1H3,(H,23,24,26). The Morgan fingerprint density at radius 3 is 2.93 bits per heavy atom. The molecule has 0 spiro atoms. The van der Waals surface area contributed by atoms with Crippen LogP contribution in [0.2, 0.25) is 0 Å². The number of pyridine rings is 1. The highest BCUT2D eigenvalue weighted by Crippen LogP contribution is 2.22. The monoisotopic (exact) mass is 394 g/mol. The third kappa shape index (κ3) is 4.36. The Kier molecular flexibility index (Phi) is 5.34. The van der Waals surface area contributed by atoms with Crippen LogP contribution < -0.4 is 5.32 Å². The molecule has 2 aromatic heterocycles. The number of nitrogens with zero attached hydrogens (tertiary/aromatic N) is 3. The maximum absolute atomic E-state index is 12.5. The quantitative estimate of drug-likeness (QED) is 0.639. The van der Waals surface area contributed by atoms with E-state index in [1.165, 1.54) is 10.5 Å². The molecule has 2 aromatic rings. The Morgan fingerprint density at radius 1 is 1.29 bits per heavy atom. The lowest BCUT2D eigenvalue weighted by molar-refractivity contribution is -0.125. The number of nitrogens with one attached hydrogen (secondary N) is 1. The average molecular weight is 395 g/mol. The molecule has 1 N–H and O–H groups in total. The number of hydrogen-bond acceptors (Lipinski definition) is 5. The zero-order chi connectivity index (χ0) is 19.5. The molecule has 6 nitrogen and oxygen atoms in total. The molecule has 0 unspecified atom stereocenters. The van der Waals surface area contributed by atoms with Crippen LogP contribution in [0.1, 0.15) is 33.9 Å². The van der Waals surface area contributed by atoms with E-state index < -0.39 is 0 Å². The first-order valence-electron chi connectivity index (χ1n) is 9.42. The molecular formula is C21H22N4O2S. The number of rotatable bonds is 4. The molecule has 0 saturated heterocycles. The zero-order valence-corrected chi connectivity index (χ0v) is 16.6. The fourth-order valence-corrected chi connectivity index (χ4v) is 4.23. The van der Waals surface area contributed by atoms with Gasteiger partial charge >= 0.3 is 0 Å². The van der Waals surface area contributed by atoms with E-state index >= 15 is 0 Å². The molecule has 2 amide bonds. The SMILES string of the molecule is Cc1cnc(CC2=CCN(C(=O)C=Cc3cnc4c(c3)CCC(=O)N4)CC2)s1. The molecule has 0 atom stereocenters. The number of aryl methyl sites for hydroxylation is 2. The molecule has 2 aliphatic heterocycles. The summed E-state index contributed by atoms with van der Waals surface area (Å²) in [5, 5.41) is 3.91. The van der Waals surface area contributed by atoms with Crippen molar-refractivity contribution in [1.82, 2.24) is 14.9 Å². The van der Waals surface area contributed by atoms with Crippen molar-refractivity contribution in [2.75, 3.05) is 18.4 Å². The summed E-state index contributed by atoms with van der Waals surface area (Å²) in [6, 6.07) is 1.98. The number of carbonyl (C=O) groups excluding carboxylic acids is 2. The Hall–Kier alpha value is -2.80. The summed E-state index contributed by atoms with van der Waals surface area (Å²) in [6.45, 7) is 3.43. The molecule has 28 heavy (non-hydrogen) atoms. The highest BCUT2D eigenvalue weighted by Gasteiger charge is 2.17. The molecule has 4 rings (SSSR count). The summed E-state index contributed by atoms with van der Waals surface area (Å²) < 4.78 is 0. The van der Waals surface area contributed by atoms with E-state index in [2.05, 4.69) is 28.3 Å². The highest BCUT2D eigenvalue weighted by atomic mass is 32.1. The summed E-state index contributed by atoms with van der Waals surface area (Å²) >= 11 is 1.73. The molecule has 0 aliphatic carbocycles. The van der Waals surface area contributed by atoms with Crippen LogP contribution in [0.25, 0.3) is 6.08 Å². The Bertz CT molecular complexity index is 977. The lowest BCUT2D eigenvalue weighted by Crippen LogP contribution is -2.33. The van der Waals surface area contributed by atoms with E-state index in [0.717, 1.165) is 35.5 Å². The third-order valence-electron chi connectivity index (χ3n) is 4.95. The van der Waals surface area contributed by atoms with Gasteiger partial charge in [-0.25, -0.2) is 9.97 Å². The first-order valence-corrected chi connectivity index (χ1v) is 10.2. The maximum atomic E-state index is 12.5. The van der Waals surface area contributed by atoms with Crippen LogP contribution in [0.5, 0.6) is 0 Å². The Morgan fingerprint density at radius 2 is 2.18 bits per heavy atom. The second kappa shape index (κ2) is 8.06. The normalized spacial score (nSPS) is 16.7. The van der Waals surface area contributed by atoms with Crippen molar-refractivity contribution in [2.24, 2.45) is 0 Å². The van der Waals surface area contributed by atoms with Gasteiger partial charge in [0.15, 0.2) is 0 Å². The predicted molar refractivity (Wildman–Crippen MR) is 110 cm³/mol. The van der Waals surface area contributed by atoms with E-state index in [-0.39, 0.29) is 11.8 Å². The summed E-state index contributed by atoms with van der Waals surface area (Å²) in [7, 11) is 0. The van der Waals surface area contributed by atoms with E-state index in [1.807, 2.05) is 17.2 Å². The molecule has 0 bridgehead atoms. The number of amides is 2. The number of carbonyl (C=O) groups is 2. The molecule has 144 valence electrons. The van der Waals surface area contributed by atoms with Gasteiger partial charge in [0.1, 0.15) is 5.82 Å². The lowest BCUT2D eigenvalue weighted by Gasteiger charge is -2.25. The van der Waals surface area contributed by atoms with Crippen molar-refractivity contribution in [3.63, 3.8) is 0 Å². The van der Waals surface area contributed by atoms with Gasteiger partial charge in [0.25, 0.3) is 0 Å². The molecule has 0 saturated carbocycles. The van der Waals surface area contributed by atoms with Gasteiger partial charge in [0, 0.05) is 49.3 Å². The van der Waals surface area contributed by atoms with Gasteiger partial charge in [0.05, 0.1) is 5.01 Å². The van der Waals surface area contributed by atoms with Gasteiger partial charge in [-0.05, 0) is 43.0 Å². The van der Waals surface area contributed by atoms with E-state index in [4.69, 9.17) is 0 Å². The molecule has 0 radical (unpaired) electrons. The van der Waals surface area contributed by atoms with Crippen LogP contribution in [0.15, 0.2) is 36.2 Å². The first-order chi connectivity index (χ1) is 13.6. The van der Waals surface area contributed by atoms with Crippen molar-refractivity contribution in [3.05, 3.63) is 57.2 Å². The van der Waals surface area contributed by atoms with Gasteiger partial charge in [-0.3, -0.25) is 9.59 Å². The fourth-order valence-electron chi connectivity index (χ4n) is 3.39. The second-order valence-corrected chi connectivity index (χ2v) is 8.42. The summed E-state index contributed by atoms with van der Waals surface area (Å²) in [5.74, 6) is 0.635. The molecule has 4 heterocycles. The molecule has 7 heteroatoms. The van der Waals surface area contributed by atoms with Gasteiger partial charge in [-0.1, -0.05) is 11.6 Å². The Balaban J connectivity index is 1.35. The van der Waals surface area contributed by atoms with Crippen LogP contribution >= 0.6 is 11.3 Å². The summed E-state index contributed by atoms with van der Waals surface area (Å²) in [6.07, 6.45) is 12.1. The van der Waals surface area contributed by atoms with E-state index in [9.17, 15) is 9.59 Å². The van der Waals surface area contributed by atoms with Crippen molar-refractivity contribution >= 4 is 35.0 Å². The van der Waals surface area contributed by atoms with Crippen LogP contribution in [0.4, 0.5) is 5.82 Å². The van der Waals surface area contributed by atoms with Crippen molar-refractivity contribution < 1.29 is 9.59 Å². The molecule has 0 fully saturated rings. The van der Waals surface area contributed by atoms with Crippen molar-refractivity contribution in [1.29, 1.82) is 0 Å². The minimum atomic E-state index is 0.000914. The first kappa shape index (κ1) is 18.6. The van der Waals surface area contributed by atoms with E-state index in [1.54, 1.807) is 29.7 Å². The number of thiazole rings is 1. The van der Waals surface area contributed by atoms with Crippen molar-refractivity contribution in [3.8, 4) is 0 Å². The number of hydrogen-bond donors (Lipinski definition) is 1. The minimum absolute atomic E-state index is 0.000914. The fraction of sp³-hybridized carbons (Fsp3) is 0.333. The number of aromatic nitrogens is 2. The molecule has 2 aliphatic rings. The minimum Gasteiger partial charge on any atom is -0.335 e. The molecular weight excluding hydrogens is 372 g/mol. The van der Waals surface area contributed by atoms with Gasteiger partial charge < -0.3 is 10.2 Å². The maximum Gasteiger partial charge on any atom is 0.246 e. The van der Waals surface area contributed by atoms with Crippen LogP contribution in [-0.4, -0.2) is 39.8 Å². The smallest absolute Gasteiger partial charge is 0.246 e. The molecule has 0 aromatic carbocycles. The summed E-state index contributed by atoms with van der Waals surface area (Å²) in [5.41, 5.74) is 3.23. The van der Waals surface area contributed by atoms with Gasteiger partial charge in [-0.15, -0.1) is 11.3 Å². The van der Waals surface area contributed by atoms with Crippen LogP contribution in [-0.2, 0) is 22.4 Å². The van der Waals surface area contributed by atoms with Crippen LogP contribution in [0, 0.1) is 6.92 Å². The van der Waals surface area contributed by atoms with Gasteiger partial charge in [0.2, 0.25) is 11.8 Å². The third-order valence-corrected chi connectivity index (χ3v) is 5.86. The highest BCUT2D eigenvalue weighted by molar-refractivity contribution is 7.11. The predicted octanol–water partition coefficient (Wildman–Crippen LogP) is 3.15. The largest absolute Gasteiger partial charge is 0.335 e. The van der Waals surface area contributed by atoms with Crippen molar-refractivity contribution in [2.45, 2.75) is 32.6 Å². The average Bonchev–Trinajstić information content (AvgIpc) is 3.11. The summed E-state index contributed by atoms with van der Waals surface area (Å²) in [4.78, 5) is 35.7. The number of anilines is 1. The second-order valence-electron chi connectivity index (χ2n) is 7.10. The number of fused-ring (bicyclic) bond motifs is 1. The Labute approximate surface area is 168 Å². The van der Waals surface area contributed by atoms with Crippen LogP contribution in [0.3, 0.4) is 0 Å². The van der Waals surface area contributed by atoms with Gasteiger partial charge in [-0.2, -0.15) is 0 Å². The topological polar surface area (TPSA) is 75.2 Å².